The third kappa shape index (κ3) is 2.74. The van der Waals surface area contributed by atoms with Gasteiger partial charge in [-0.15, -0.1) is 0 Å². The lowest BCUT2D eigenvalue weighted by atomic mass is 10.2. The molecule has 0 aliphatic heterocycles. The highest BCUT2D eigenvalue weighted by atomic mass is 16.2. The van der Waals surface area contributed by atoms with E-state index in [0.717, 1.165) is 0 Å². The van der Waals surface area contributed by atoms with Crippen LogP contribution in [-0.4, -0.2) is 25.2 Å². The minimum atomic E-state index is -0.762. The van der Waals surface area contributed by atoms with Crippen molar-refractivity contribution in [3.63, 3.8) is 0 Å². The first-order valence-corrected chi connectivity index (χ1v) is 6.65. The average Bonchev–Trinajstić information content (AvgIpc) is 2.78. The zero-order valence-corrected chi connectivity index (χ0v) is 12.8. The average molecular weight is 300 g/mol. The zero-order chi connectivity index (χ0) is 16.4. The molecule has 22 heavy (non-hydrogen) atoms. The number of nitrogens with one attached hydrogen (secondary N) is 1. The lowest BCUT2D eigenvalue weighted by molar-refractivity contribution is -0.119. The predicted molar refractivity (Wildman–Crippen MR) is 79.2 cm³/mol. The van der Waals surface area contributed by atoms with Crippen LogP contribution in [0, 0.1) is 25.2 Å². The summed E-state index contributed by atoms with van der Waals surface area (Å²) in [6, 6.07) is 2.92. The molecule has 0 bridgehead atoms. The fraction of sp³-hybridized carbons (Fsp3) is 0.357. The highest BCUT2D eigenvalue weighted by Crippen LogP contribution is 2.15. The number of aromatic nitrogens is 4. The van der Waals surface area contributed by atoms with Crippen LogP contribution in [0.5, 0.6) is 0 Å². The van der Waals surface area contributed by atoms with E-state index in [0.29, 0.717) is 17.2 Å². The maximum Gasteiger partial charge on any atom is 0.348 e. The van der Waals surface area contributed by atoms with E-state index in [1.54, 1.807) is 33.9 Å². The standard InChI is InChI=1S/C14H16N6O2/c1-8-5-9(2)20(14(22)17-8)10(3)13(21)18-12-11(6-15)7-16-19(12)4/h5,7,10H,1-4H3,(H,18,21). The smallest absolute Gasteiger partial charge is 0.308 e. The van der Waals surface area contributed by atoms with Crippen LogP contribution in [0.1, 0.15) is 29.9 Å². The van der Waals surface area contributed by atoms with E-state index in [9.17, 15) is 9.59 Å². The van der Waals surface area contributed by atoms with Gasteiger partial charge in [0.25, 0.3) is 0 Å². The fourth-order valence-electron chi connectivity index (χ4n) is 2.24. The summed E-state index contributed by atoms with van der Waals surface area (Å²) in [5.41, 5.74) is 1.02. The molecule has 0 aliphatic carbocycles. The Kier molecular flexibility index (Phi) is 4.08. The van der Waals surface area contributed by atoms with Gasteiger partial charge >= 0.3 is 5.69 Å². The summed E-state index contributed by atoms with van der Waals surface area (Å²) in [4.78, 5) is 28.2. The molecule has 0 spiro atoms. The Morgan fingerprint density at radius 2 is 2.14 bits per heavy atom. The molecule has 0 saturated carbocycles. The van der Waals surface area contributed by atoms with Crippen LogP contribution in [0.2, 0.25) is 0 Å². The van der Waals surface area contributed by atoms with Crippen molar-refractivity contribution in [1.29, 1.82) is 5.26 Å². The zero-order valence-electron chi connectivity index (χ0n) is 12.8. The second-order valence-corrected chi connectivity index (χ2v) is 5.00. The van der Waals surface area contributed by atoms with Crippen molar-refractivity contribution in [2.75, 3.05) is 5.32 Å². The number of carbonyl (C=O) groups is 1. The summed E-state index contributed by atoms with van der Waals surface area (Å²) in [5.74, 6) is -0.124. The number of nitrogens with zero attached hydrogens (tertiary/aromatic N) is 5. The van der Waals surface area contributed by atoms with Gasteiger partial charge in [-0.2, -0.15) is 15.3 Å². The van der Waals surface area contributed by atoms with E-state index in [4.69, 9.17) is 5.26 Å². The predicted octanol–water partition coefficient (Wildman–Crippen LogP) is 0.665. The number of carbonyl (C=O) groups excluding carboxylic acids is 1. The largest absolute Gasteiger partial charge is 0.348 e. The number of amides is 1. The van der Waals surface area contributed by atoms with Gasteiger partial charge in [-0.25, -0.2) is 4.79 Å². The Hall–Kier alpha value is -2.95. The molecule has 2 aromatic rings. The maximum atomic E-state index is 12.4. The number of hydrogen-bond donors (Lipinski definition) is 1. The molecule has 2 heterocycles. The summed E-state index contributed by atoms with van der Waals surface area (Å²) >= 11 is 0. The van der Waals surface area contributed by atoms with Gasteiger partial charge < -0.3 is 5.32 Å². The molecule has 8 heteroatoms. The molecule has 114 valence electrons. The highest BCUT2D eigenvalue weighted by molar-refractivity contribution is 5.93. The Morgan fingerprint density at radius 1 is 1.45 bits per heavy atom. The number of rotatable bonds is 3. The van der Waals surface area contributed by atoms with Crippen LogP contribution < -0.4 is 11.0 Å². The molecule has 0 aromatic carbocycles. The molecule has 2 aromatic heterocycles. The molecule has 1 amide bonds. The Balaban J connectivity index is 2.33. The molecule has 1 atom stereocenters. The molecule has 0 saturated heterocycles. The normalized spacial score (nSPS) is 11.8. The van der Waals surface area contributed by atoms with Crippen LogP contribution >= 0.6 is 0 Å². The van der Waals surface area contributed by atoms with E-state index in [1.807, 2.05) is 6.07 Å². The number of hydrogen-bond acceptors (Lipinski definition) is 5. The Bertz CT molecular complexity index is 827. The second-order valence-electron chi connectivity index (χ2n) is 5.00. The van der Waals surface area contributed by atoms with Crippen molar-refractivity contribution in [2.24, 2.45) is 7.05 Å². The number of nitriles is 1. The summed E-state index contributed by atoms with van der Waals surface area (Å²) in [6.45, 7) is 5.06. The summed E-state index contributed by atoms with van der Waals surface area (Å²) in [6.07, 6.45) is 1.37. The number of anilines is 1. The molecule has 1 unspecified atom stereocenters. The molecule has 8 nitrogen and oxygen atoms in total. The fourth-order valence-corrected chi connectivity index (χ4v) is 2.24. The first kappa shape index (κ1) is 15.4. The molecule has 0 radical (unpaired) electrons. The lowest BCUT2D eigenvalue weighted by Crippen LogP contribution is -2.35. The van der Waals surface area contributed by atoms with Crippen LogP contribution in [0.4, 0.5) is 5.82 Å². The van der Waals surface area contributed by atoms with Gasteiger partial charge in [0.05, 0.1) is 6.20 Å². The summed E-state index contributed by atoms with van der Waals surface area (Å²) in [5, 5.41) is 15.5. The van der Waals surface area contributed by atoms with Gasteiger partial charge in [0.2, 0.25) is 5.91 Å². The molecular weight excluding hydrogens is 284 g/mol. The van der Waals surface area contributed by atoms with E-state index in [-0.39, 0.29) is 5.56 Å². The van der Waals surface area contributed by atoms with Gasteiger partial charge in [0.15, 0.2) is 0 Å². The minimum absolute atomic E-state index is 0.258. The Labute approximate surface area is 127 Å². The maximum absolute atomic E-state index is 12.4. The summed E-state index contributed by atoms with van der Waals surface area (Å²) < 4.78 is 2.71. The number of aryl methyl sites for hydroxylation is 3. The molecule has 0 aliphatic rings. The van der Waals surface area contributed by atoms with Gasteiger partial charge in [0.1, 0.15) is 23.5 Å². The van der Waals surface area contributed by atoms with Crippen LogP contribution in [0.25, 0.3) is 0 Å². The lowest BCUT2D eigenvalue weighted by Gasteiger charge is -2.17. The van der Waals surface area contributed by atoms with Crippen LogP contribution in [0.15, 0.2) is 17.1 Å². The highest BCUT2D eigenvalue weighted by Gasteiger charge is 2.21. The van der Waals surface area contributed by atoms with Crippen molar-refractivity contribution in [3.05, 3.63) is 39.7 Å². The SMILES string of the molecule is Cc1cc(C)n(C(C)C(=O)Nc2c(C#N)cnn2C)c(=O)n1. The van der Waals surface area contributed by atoms with Crippen molar-refractivity contribution in [1.82, 2.24) is 19.3 Å². The van der Waals surface area contributed by atoms with E-state index in [2.05, 4.69) is 15.4 Å². The first-order chi connectivity index (χ1) is 10.3. The van der Waals surface area contributed by atoms with Crippen LogP contribution in [0.3, 0.4) is 0 Å². The third-order valence-electron chi connectivity index (χ3n) is 3.34. The third-order valence-corrected chi connectivity index (χ3v) is 3.34. The minimum Gasteiger partial charge on any atom is -0.308 e. The quantitative estimate of drug-likeness (QED) is 0.896. The first-order valence-electron chi connectivity index (χ1n) is 6.65. The molecule has 2 rings (SSSR count). The summed E-state index contributed by atoms with van der Waals surface area (Å²) in [7, 11) is 1.62. The van der Waals surface area contributed by atoms with Gasteiger partial charge in [0, 0.05) is 18.4 Å². The molecule has 1 N–H and O–H groups in total. The van der Waals surface area contributed by atoms with Gasteiger partial charge in [-0.1, -0.05) is 0 Å². The van der Waals surface area contributed by atoms with E-state index < -0.39 is 17.6 Å². The van der Waals surface area contributed by atoms with Crippen molar-refractivity contribution < 1.29 is 4.79 Å². The van der Waals surface area contributed by atoms with E-state index >= 15 is 0 Å². The van der Waals surface area contributed by atoms with Crippen molar-refractivity contribution in [3.8, 4) is 6.07 Å². The molecule has 0 fully saturated rings. The second kappa shape index (κ2) is 5.81. The van der Waals surface area contributed by atoms with Crippen molar-refractivity contribution >= 4 is 11.7 Å². The van der Waals surface area contributed by atoms with E-state index in [1.165, 1.54) is 15.4 Å². The topological polar surface area (TPSA) is 106 Å². The monoisotopic (exact) mass is 300 g/mol. The van der Waals surface area contributed by atoms with Gasteiger partial charge in [-0.05, 0) is 26.8 Å². The van der Waals surface area contributed by atoms with Crippen LogP contribution in [-0.2, 0) is 11.8 Å². The van der Waals surface area contributed by atoms with Gasteiger partial charge in [-0.3, -0.25) is 14.0 Å². The van der Waals surface area contributed by atoms with Crippen molar-refractivity contribution in [2.45, 2.75) is 26.8 Å². The Morgan fingerprint density at radius 3 is 2.73 bits per heavy atom. The molecular formula is C14H16N6O2.